The van der Waals surface area contributed by atoms with E-state index in [4.69, 9.17) is 5.26 Å². The second-order valence-corrected chi connectivity index (χ2v) is 2.00. The highest BCUT2D eigenvalue weighted by atomic mass is 32.2. The van der Waals surface area contributed by atoms with Gasteiger partial charge in [0.05, 0.1) is 6.07 Å². The lowest BCUT2D eigenvalue weighted by Gasteiger charge is -1.92. The standard InChI is InChI=1S/C4H3N2S/c5-3-4-6-1-2-7-4/h1,4,6H. The Morgan fingerprint density at radius 1 is 2.00 bits per heavy atom. The SMILES string of the molecule is N#CC1NC=[C]S1. The Hall–Kier alpha value is -0.620. The van der Waals surface area contributed by atoms with Crippen LogP contribution in [0.15, 0.2) is 6.20 Å². The van der Waals surface area contributed by atoms with E-state index in [1.807, 2.05) is 6.07 Å². The molecule has 1 aliphatic rings. The minimum atomic E-state index is -0.0972. The number of hydrogen-bond acceptors (Lipinski definition) is 3. The van der Waals surface area contributed by atoms with Crippen LogP contribution >= 0.6 is 11.8 Å². The van der Waals surface area contributed by atoms with Gasteiger partial charge in [-0.25, -0.2) is 0 Å². The van der Waals surface area contributed by atoms with Gasteiger partial charge in [0.1, 0.15) is 0 Å². The predicted molar refractivity (Wildman–Crippen MR) is 27.9 cm³/mol. The molecule has 1 unspecified atom stereocenters. The normalized spacial score (nSPS) is 26.4. The van der Waals surface area contributed by atoms with E-state index in [-0.39, 0.29) is 5.37 Å². The first kappa shape index (κ1) is 4.54. The maximum Gasteiger partial charge on any atom is 0.165 e. The molecular formula is C4H3N2S. The van der Waals surface area contributed by atoms with Crippen LogP contribution in [0.3, 0.4) is 0 Å². The first-order chi connectivity index (χ1) is 3.43. The number of hydrogen-bond donors (Lipinski definition) is 1. The zero-order chi connectivity index (χ0) is 5.11. The lowest BCUT2D eigenvalue weighted by molar-refractivity contribution is 0.955. The Kier molecular flexibility index (Phi) is 1.23. The van der Waals surface area contributed by atoms with Gasteiger partial charge in [-0.15, -0.1) is 0 Å². The van der Waals surface area contributed by atoms with Crippen molar-refractivity contribution in [1.82, 2.24) is 5.32 Å². The summed E-state index contributed by atoms with van der Waals surface area (Å²) in [4.78, 5) is 0. The van der Waals surface area contributed by atoms with E-state index in [0.29, 0.717) is 0 Å². The average Bonchev–Trinajstić information content (AvgIpc) is 2.14. The van der Waals surface area contributed by atoms with Crippen molar-refractivity contribution in [3.63, 3.8) is 0 Å². The van der Waals surface area contributed by atoms with Gasteiger partial charge in [-0.2, -0.15) is 5.26 Å². The summed E-state index contributed by atoms with van der Waals surface area (Å²) < 4.78 is 0. The van der Waals surface area contributed by atoms with Crippen LogP contribution in [-0.4, -0.2) is 5.37 Å². The van der Waals surface area contributed by atoms with E-state index in [9.17, 15) is 0 Å². The van der Waals surface area contributed by atoms with Gasteiger partial charge in [-0.05, 0) is 0 Å². The fourth-order valence-electron chi connectivity index (χ4n) is 0.309. The van der Waals surface area contributed by atoms with Crippen molar-refractivity contribution in [3.05, 3.63) is 11.6 Å². The summed E-state index contributed by atoms with van der Waals surface area (Å²) in [5.74, 6) is 0. The highest BCUT2D eigenvalue weighted by molar-refractivity contribution is 8.01. The molecule has 7 heavy (non-hydrogen) atoms. The third kappa shape index (κ3) is 0.875. The Bertz CT molecular complexity index is 116. The second-order valence-electron chi connectivity index (χ2n) is 1.06. The van der Waals surface area contributed by atoms with Crippen molar-refractivity contribution < 1.29 is 0 Å². The smallest absolute Gasteiger partial charge is 0.165 e. The van der Waals surface area contributed by atoms with E-state index in [0.717, 1.165) is 0 Å². The number of nitrogens with zero attached hydrogens (tertiary/aromatic N) is 1. The summed E-state index contributed by atoms with van der Waals surface area (Å²) in [7, 11) is 0. The maximum atomic E-state index is 8.17. The maximum absolute atomic E-state index is 8.17. The molecule has 0 saturated carbocycles. The molecule has 1 radical (unpaired) electrons. The first-order valence-corrected chi connectivity index (χ1v) is 2.70. The molecule has 1 aliphatic heterocycles. The zero-order valence-electron chi connectivity index (χ0n) is 3.51. The van der Waals surface area contributed by atoms with Gasteiger partial charge in [0.25, 0.3) is 0 Å². The molecule has 0 bridgehead atoms. The molecule has 1 rings (SSSR count). The van der Waals surface area contributed by atoms with Crippen LogP contribution in [0, 0.1) is 16.7 Å². The Morgan fingerprint density at radius 2 is 2.86 bits per heavy atom. The van der Waals surface area contributed by atoms with Crippen LogP contribution < -0.4 is 5.32 Å². The van der Waals surface area contributed by atoms with Gasteiger partial charge in [0, 0.05) is 11.6 Å². The minimum Gasteiger partial charge on any atom is -0.366 e. The Morgan fingerprint density at radius 3 is 3.14 bits per heavy atom. The summed E-state index contributed by atoms with van der Waals surface area (Å²) in [5, 5.41) is 13.6. The lowest BCUT2D eigenvalue weighted by atomic mass is 10.7. The van der Waals surface area contributed by atoms with Crippen molar-refractivity contribution in [3.8, 4) is 6.07 Å². The van der Waals surface area contributed by atoms with Gasteiger partial charge in [0.2, 0.25) is 0 Å². The summed E-state index contributed by atoms with van der Waals surface area (Å²) in [6.45, 7) is 0. The van der Waals surface area contributed by atoms with Crippen molar-refractivity contribution in [1.29, 1.82) is 5.26 Å². The molecule has 2 nitrogen and oxygen atoms in total. The van der Waals surface area contributed by atoms with E-state index in [1.165, 1.54) is 11.8 Å². The Balaban J connectivity index is 2.39. The lowest BCUT2D eigenvalue weighted by Crippen LogP contribution is -2.11. The minimum absolute atomic E-state index is 0.0972. The van der Waals surface area contributed by atoms with Crippen LogP contribution in [0.2, 0.25) is 0 Å². The monoisotopic (exact) mass is 111 g/mol. The van der Waals surface area contributed by atoms with Gasteiger partial charge < -0.3 is 5.32 Å². The van der Waals surface area contributed by atoms with E-state index < -0.39 is 0 Å². The predicted octanol–water partition coefficient (Wildman–Crippen LogP) is 0.447. The second kappa shape index (κ2) is 1.90. The molecule has 0 aliphatic carbocycles. The molecule has 3 heteroatoms. The molecular weight excluding hydrogens is 108 g/mol. The van der Waals surface area contributed by atoms with E-state index in [1.54, 1.807) is 6.20 Å². The van der Waals surface area contributed by atoms with Gasteiger partial charge in [0.15, 0.2) is 5.37 Å². The van der Waals surface area contributed by atoms with Crippen molar-refractivity contribution in [2.45, 2.75) is 5.37 Å². The molecule has 0 saturated heterocycles. The summed E-state index contributed by atoms with van der Waals surface area (Å²) in [6, 6.07) is 2.02. The summed E-state index contributed by atoms with van der Waals surface area (Å²) in [6.07, 6.45) is 1.65. The van der Waals surface area contributed by atoms with Crippen molar-refractivity contribution >= 4 is 11.8 Å². The van der Waals surface area contributed by atoms with Crippen LogP contribution in [-0.2, 0) is 0 Å². The van der Waals surface area contributed by atoms with Gasteiger partial charge in [-0.3, -0.25) is 0 Å². The molecule has 0 aromatic heterocycles. The third-order valence-electron chi connectivity index (χ3n) is 0.597. The van der Waals surface area contributed by atoms with Crippen molar-refractivity contribution in [2.75, 3.05) is 0 Å². The number of thioether (sulfide) groups is 1. The molecule has 0 fully saturated rings. The molecule has 1 heterocycles. The fourth-order valence-corrected chi connectivity index (χ4v) is 0.770. The molecule has 35 valence electrons. The largest absolute Gasteiger partial charge is 0.366 e. The van der Waals surface area contributed by atoms with Crippen LogP contribution in [0.5, 0.6) is 0 Å². The molecule has 1 atom stereocenters. The molecule has 1 N–H and O–H groups in total. The van der Waals surface area contributed by atoms with Crippen LogP contribution in [0.25, 0.3) is 0 Å². The highest BCUT2D eigenvalue weighted by Crippen LogP contribution is 2.11. The summed E-state index contributed by atoms with van der Waals surface area (Å²) >= 11 is 1.36. The molecule has 0 aromatic carbocycles. The molecule has 0 amide bonds. The number of nitrogens with one attached hydrogen (secondary N) is 1. The average molecular weight is 111 g/mol. The van der Waals surface area contributed by atoms with E-state index >= 15 is 0 Å². The summed E-state index contributed by atoms with van der Waals surface area (Å²) in [5.41, 5.74) is 0. The van der Waals surface area contributed by atoms with Gasteiger partial charge >= 0.3 is 0 Å². The highest BCUT2D eigenvalue weighted by Gasteiger charge is 2.05. The van der Waals surface area contributed by atoms with Gasteiger partial charge in [-0.1, -0.05) is 11.8 Å². The van der Waals surface area contributed by atoms with Crippen LogP contribution in [0.4, 0.5) is 0 Å². The fraction of sp³-hybridized carbons (Fsp3) is 0.250. The number of nitriles is 1. The third-order valence-corrected chi connectivity index (χ3v) is 1.33. The Labute approximate surface area is 46.2 Å². The van der Waals surface area contributed by atoms with Crippen LogP contribution in [0.1, 0.15) is 0 Å². The molecule has 0 spiro atoms. The first-order valence-electron chi connectivity index (χ1n) is 1.82. The van der Waals surface area contributed by atoms with Crippen molar-refractivity contribution in [2.24, 2.45) is 0 Å². The number of rotatable bonds is 0. The zero-order valence-corrected chi connectivity index (χ0v) is 4.33. The van der Waals surface area contributed by atoms with E-state index in [2.05, 4.69) is 10.7 Å². The quantitative estimate of drug-likeness (QED) is 0.493. The molecule has 0 aromatic rings. The topological polar surface area (TPSA) is 35.8 Å².